The molecule has 0 N–H and O–H groups in total. The summed E-state index contributed by atoms with van der Waals surface area (Å²) >= 11 is 0. The van der Waals surface area contributed by atoms with Crippen LogP contribution in [0.25, 0.3) is 0 Å². The third-order valence-electron chi connectivity index (χ3n) is 3.28. The van der Waals surface area contributed by atoms with Gasteiger partial charge in [0.1, 0.15) is 5.75 Å². The van der Waals surface area contributed by atoms with Crippen molar-refractivity contribution in [2.24, 2.45) is 0 Å². The molecular weight excluding hydrogens is 286 g/mol. The Morgan fingerprint density at radius 2 is 1.76 bits per heavy atom. The molecule has 0 radical (unpaired) electrons. The lowest BCUT2D eigenvalue weighted by Crippen LogP contribution is -2.26. The quantitative estimate of drug-likeness (QED) is 0.853. The van der Waals surface area contributed by atoms with Crippen molar-refractivity contribution in [2.75, 3.05) is 14.2 Å². The number of benzene rings is 2. The zero-order chi connectivity index (χ0) is 15.5. The van der Waals surface area contributed by atoms with Gasteiger partial charge in [0.15, 0.2) is 0 Å². The molecule has 2 aromatic rings. The Balaban J connectivity index is 2.30. The van der Waals surface area contributed by atoms with Gasteiger partial charge in [-0.3, -0.25) is 0 Å². The van der Waals surface area contributed by atoms with Gasteiger partial charge < -0.3 is 4.74 Å². The van der Waals surface area contributed by atoms with Gasteiger partial charge >= 0.3 is 0 Å². The molecule has 4 nitrogen and oxygen atoms in total. The first-order valence-electron chi connectivity index (χ1n) is 6.60. The van der Waals surface area contributed by atoms with Crippen LogP contribution >= 0.6 is 0 Å². The zero-order valence-electron chi connectivity index (χ0n) is 12.4. The number of rotatable bonds is 5. The molecule has 2 aromatic carbocycles. The van der Waals surface area contributed by atoms with E-state index in [1.807, 2.05) is 25.1 Å². The highest BCUT2D eigenvalue weighted by molar-refractivity contribution is 7.89. The zero-order valence-corrected chi connectivity index (χ0v) is 13.2. The van der Waals surface area contributed by atoms with Gasteiger partial charge in [0.25, 0.3) is 0 Å². The second-order valence-corrected chi connectivity index (χ2v) is 6.93. The summed E-state index contributed by atoms with van der Waals surface area (Å²) in [6.45, 7) is 2.23. The Hall–Kier alpha value is -1.85. The average molecular weight is 305 g/mol. The largest absolute Gasteiger partial charge is 0.496 e. The molecule has 0 atom stereocenters. The van der Waals surface area contributed by atoms with E-state index in [9.17, 15) is 8.42 Å². The highest BCUT2D eigenvalue weighted by Crippen LogP contribution is 2.23. The Morgan fingerprint density at radius 3 is 2.38 bits per heavy atom. The number of ether oxygens (including phenoxy) is 1. The van der Waals surface area contributed by atoms with E-state index < -0.39 is 10.0 Å². The van der Waals surface area contributed by atoms with Crippen LogP contribution in [0.3, 0.4) is 0 Å². The number of methoxy groups -OCH3 is 1. The van der Waals surface area contributed by atoms with Crippen LogP contribution in [0.1, 0.15) is 11.1 Å². The second kappa shape index (κ2) is 6.28. The predicted octanol–water partition coefficient (Wildman–Crippen LogP) is 2.82. The van der Waals surface area contributed by atoms with Crippen LogP contribution in [-0.4, -0.2) is 26.9 Å². The highest BCUT2D eigenvalue weighted by Gasteiger charge is 2.21. The predicted molar refractivity (Wildman–Crippen MR) is 82.8 cm³/mol. The van der Waals surface area contributed by atoms with Crippen LogP contribution in [0.2, 0.25) is 0 Å². The van der Waals surface area contributed by atoms with Crippen LogP contribution in [-0.2, 0) is 16.6 Å². The lowest BCUT2D eigenvalue weighted by atomic mass is 10.1. The van der Waals surface area contributed by atoms with Gasteiger partial charge in [0, 0.05) is 19.2 Å². The van der Waals surface area contributed by atoms with Crippen LogP contribution in [0, 0.1) is 6.92 Å². The Morgan fingerprint density at radius 1 is 1.10 bits per heavy atom. The molecule has 0 aromatic heterocycles. The molecule has 21 heavy (non-hydrogen) atoms. The van der Waals surface area contributed by atoms with E-state index in [4.69, 9.17) is 4.74 Å². The number of hydrogen-bond donors (Lipinski definition) is 0. The number of aryl methyl sites for hydroxylation is 1. The molecule has 5 heteroatoms. The molecule has 0 bridgehead atoms. The summed E-state index contributed by atoms with van der Waals surface area (Å²) in [6.07, 6.45) is 0. The monoisotopic (exact) mass is 305 g/mol. The molecule has 2 rings (SSSR count). The van der Waals surface area contributed by atoms with Gasteiger partial charge in [0.2, 0.25) is 10.0 Å². The standard InChI is InChI=1S/C16H19NO3S/c1-13-9-10-16(20-3)14(11-13)12-17(2)21(18,19)15-7-5-4-6-8-15/h4-11H,12H2,1-3H3. The van der Waals surface area contributed by atoms with Crippen molar-refractivity contribution < 1.29 is 13.2 Å². The van der Waals surface area contributed by atoms with Gasteiger partial charge in [-0.15, -0.1) is 0 Å². The third kappa shape index (κ3) is 3.43. The van der Waals surface area contributed by atoms with E-state index >= 15 is 0 Å². The summed E-state index contributed by atoms with van der Waals surface area (Å²) in [5.41, 5.74) is 1.91. The second-order valence-electron chi connectivity index (χ2n) is 4.89. The summed E-state index contributed by atoms with van der Waals surface area (Å²) in [5, 5.41) is 0. The minimum absolute atomic E-state index is 0.266. The molecule has 0 unspecified atom stereocenters. The minimum Gasteiger partial charge on any atom is -0.496 e. The maximum Gasteiger partial charge on any atom is 0.243 e. The number of sulfonamides is 1. The van der Waals surface area contributed by atoms with Crippen LogP contribution in [0.15, 0.2) is 53.4 Å². The van der Waals surface area contributed by atoms with E-state index in [2.05, 4.69) is 0 Å². The Kier molecular flexibility index (Phi) is 4.65. The fourth-order valence-corrected chi connectivity index (χ4v) is 3.30. The topological polar surface area (TPSA) is 46.6 Å². The Bertz CT molecular complexity index is 712. The maximum atomic E-state index is 12.5. The molecule has 0 saturated heterocycles. The summed E-state index contributed by atoms with van der Waals surface area (Å²) in [4.78, 5) is 0.291. The minimum atomic E-state index is -3.50. The molecule has 0 amide bonds. The molecule has 112 valence electrons. The smallest absolute Gasteiger partial charge is 0.243 e. The van der Waals surface area contributed by atoms with Crippen molar-refractivity contribution in [3.63, 3.8) is 0 Å². The van der Waals surface area contributed by atoms with Crippen LogP contribution < -0.4 is 4.74 Å². The first-order valence-corrected chi connectivity index (χ1v) is 8.04. The van der Waals surface area contributed by atoms with Crippen molar-refractivity contribution in [1.29, 1.82) is 0 Å². The summed E-state index contributed by atoms with van der Waals surface area (Å²) in [7, 11) is -0.341. The molecule has 0 heterocycles. The van der Waals surface area contributed by atoms with Crippen molar-refractivity contribution in [2.45, 2.75) is 18.4 Å². The lowest BCUT2D eigenvalue weighted by molar-refractivity contribution is 0.398. The SMILES string of the molecule is COc1ccc(C)cc1CN(C)S(=O)(=O)c1ccccc1. The van der Waals surface area contributed by atoms with Crippen molar-refractivity contribution >= 4 is 10.0 Å². The van der Waals surface area contributed by atoms with Crippen molar-refractivity contribution in [3.8, 4) is 5.75 Å². The van der Waals surface area contributed by atoms with Gasteiger partial charge in [0.05, 0.1) is 12.0 Å². The summed E-state index contributed by atoms with van der Waals surface area (Å²) in [5.74, 6) is 0.690. The number of hydrogen-bond acceptors (Lipinski definition) is 3. The molecule has 0 aliphatic rings. The Labute approximate surface area is 126 Å². The lowest BCUT2D eigenvalue weighted by Gasteiger charge is -2.19. The molecular formula is C16H19NO3S. The normalized spacial score (nSPS) is 11.6. The fraction of sp³-hybridized carbons (Fsp3) is 0.250. The summed E-state index contributed by atoms with van der Waals surface area (Å²) < 4.78 is 31.6. The molecule has 0 spiro atoms. The highest BCUT2D eigenvalue weighted by atomic mass is 32.2. The van der Waals surface area contributed by atoms with E-state index in [0.29, 0.717) is 10.6 Å². The van der Waals surface area contributed by atoms with Crippen LogP contribution in [0.5, 0.6) is 5.75 Å². The summed E-state index contributed by atoms with van der Waals surface area (Å²) in [6, 6.07) is 14.2. The molecule has 0 aliphatic heterocycles. The first-order chi connectivity index (χ1) is 9.95. The van der Waals surface area contributed by atoms with Gasteiger partial charge in [-0.1, -0.05) is 35.9 Å². The van der Waals surface area contributed by atoms with Crippen molar-refractivity contribution in [1.82, 2.24) is 4.31 Å². The van der Waals surface area contributed by atoms with Crippen LogP contribution in [0.4, 0.5) is 0 Å². The van der Waals surface area contributed by atoms with E-state index in [-0.39, 0.29) is 6.54 Å². The maximum absolute atomic E-state index is 12.5. The average Bonchev–Trinajstić information content (AvgIpc) is 2.48. The van der Waals surface area contributed by atoms with E-state index in [1.165, 1.54) is 4.31 Å². The molecule has 0 fully saturated rings. The first kappa shape index (κ1) is 15.5. The number of nitrogens with zero attached hydrogens (tertiary/aromatic N) is 1. The molecule has 0 saturated carbocycles. The van der Waals surface area contributed by atoms with E-state index in [0.717, 1.165) is 11.1 Å². The van der Waals surface area contributed by atoms with Gasteiger partial charge in [-0.25, -0.2) is 8.42 Å². The molecule has 0 aliphatic carbocycles. The fourth-order valence-electron chi connectivity index (χ4n) is 2.13. The third-order valence-corrected chi connectivity index (χ3v) is 5.10. The van der Waals surface area contributed by atoms with Gasteiger partial charge in [-0.2, -0.15) is 4.31 Å². The van der Waals surface area contributed by atoms with Gasteiger partial charge in [-0.05, 0) is 25.1 Å². The van der Waals surface area contributed by atoms with Crippen molar-refractivity contribution in [3.05, 3.63) is 59.7 Å². The van der Waals surface area contributed by atoms with E-state index in [1.54, 1.807) is 44.5 Å².